The van der Waals surface area contributed by atoms with Gasteiger partial charge >= 0.3 is 0 Å². The highest BCUT2D eigenvalue weighted by atomic mass is 35.5. The normalized spacial score (nSPS) is 15.0. The maximum atomic E-state index is 9.71. The van der Waals surface area contributed by atoms with Crippen molar-refractivity contribution >= 4 is 34.1 Å². The SMILES string of the molecule is Cc1cc(N2CCN(Cc3ccccc3Cl)CC2)n2c(nc3ccccc32)c1C#N. The van der Waals surface area contributed by atoms with Crippen LogP contribution in [-0.4, -0.2) is 40.5 Å². The number of pyridine rings is 1. The molecule has 5 nitrogen and oxygen atoms in total. The van der Waals surface area contributed by atoms with E-state index in [-0.39, 0.29) is 0 Å². The Bertz CT molecular complexity index is 1280. The Kier molecular flexibility index (Phi) is 4.82. The number of benzene rings is 2. The quantitative estimate of drug-likeness (QED) is 0.489. The van der Waals surface area contributed by atoms with Gasteiger partial charge in [-0.05, 0) is 42.3 Å². The fourth-order valence-corrected chi connectivity index (χ4v) is 4.50. The molecule has 0 unspecified atom stereocenters. The van der Waals surface area contributed by atoms with Crippen molar-refractivity contribution in [1.82, 2.24) is 14.3 Å². The average molecular weight is 416 g/mol. The molecule has 0 saturated carbocycles. The van der Waals surface area contributed by atoms with Crippen LogP contribution in [0.5, 0.6) is 0 Å². The number of anilines is 1. The molecule has 0 spiro atoms. The van der Waals surface area contributed by atoms with Crippen molar-refractivity contribution in [2.24, 2.45) is 0 Å². The van der Waals surface area contributed by atoms with Crippen LogP contribution in [0.25, 0.3) is 16.7 Å². The molecule has 2 aromatic carbocycles. The molecule has 6 heteroatoms. The third-order valence-corrected chi connectivity index (χ3v) is 6.28. The number of aromatic nitrogens is 2. The highest BCUT2D eigenvalue weighted by Crippen LogP contribution is 2.29. The summed E-state index contributed by atoms with van der Waals surface area (Å²) in [6.07, 6.45) is 0. The summed E-state index contributed by atoms with van der Waals surface area (Å²) in [7, 11) is 0. The number of nitriles is 1. The number of rotatable bonds is 3. The van der Waals surface area contributed by atoms with Gasteiger partial charge in [-0.15, -0.1) is 0 Å². The Hall–Kier alpha value is -3.07. The van der Waals surface area contributed by atoms with Gasteiger partial charge in [0.15, 0.2) is 5.65 Å². The van der Waals surface area contributed by atoms with Crippen LogP contribution in [-0.2, 0) is 6.54 Å². The molecule has 0 N–H and O–H groups in total. The summed E-state index contributed by atoms with van der Waals surface area (Å²) < 4.78 is 2.14. The van der Waals surface area contributed by atoms with E-state index in [4.69, 9.17) is 16.6 Å². The summed E-state index contributed by atoms with van der Waals surface area (Å²) in [5.74, 6) is 1.10. The van der Waals surface area contributed by atoms with Gasteiger partial charge in [-0.2, -0.15) is 5.26 Å². The lowest BCUT2D eigenvalue weighted by Crippen LogP contribution is -2.46. The van der Waals surface area contributed by atoms with Crippen molar-refractivity contribution in [3.8, 4) is 6.07 Å². The third-order valence-electron chi connectivity index (χ3n) is 5.91. The van der Waals surface area contributed by atoms with E-state index >= 15 is 0 Å². The summed E-state index contributed by atoms with van der Waals surface area (Å²) in [4.78, 5) is 9.61. The van der Waals surface area contributed by atoms with Gasteiger partial charge in [0.2, 0.25) is 0 Å². The second-order valence-electron chi connectivity index (χ2n) is 7.79. The lowest BCUT2D eigenvalue weighted by molar-refractivity contribution is 0.249. The van der Waals surface area contributed by atoms with E-state index < -0.39 is 0 Å². The van der Waals surface area contributed by atoms with Crippen LogP contribution in [0.15, 0.2) is 54.6 Å². The number of hydrogen-bond donors (Lipinski definition) is 0. The van der Waals surface area contributed by atoms with Crippen molar-refractivity contribution in [2.75, 3.05) is 31.1 Å². The van der Waals surface area contributed by atoms with Crippen LogP contribution in [0.1, 0.15) is 16.7 Å². The van der Waals surface area contributed by atoms with Crippen molar-refractivity contribution < 1.29 is 0 Å². The molecule has 1 aliphatic heterocycles. The Morgan fingerprint density at radius 1 is 1.03 bits per heavy atom. The molecular weight excluding hydrogens is 394 g/mol. The number of aryl methyl sites for hydroxylation is 1. The van der Waals surface area contributed by atoms with Crippen LogP contribution < -0.4 is 4.90 Å². The zero-order chi connectivity index (χ0) is 20.7. The molecule has 3 heterocycles. The van der Waals surface area contributed by atoms with Crippen LogP contribution in [0.4, 0.5) is 5.82 Å². The first-order valence-electron chi connectivity index (χ1n) is 10.2. The minimum absolute atomic E-state index is 0.646. The lowest BCUT2D eigenvalue weighted by Gasteiger charge is -2.36. The summed E-state index contributed by atoms with van der Waals surface area (Å²) in [5, 5.41) is 10.5. The number of para-hydroxylation sites is 2. The number of piperazine rings is 1. The summed E-state index contributed by atoms with van der Waals surface area (Å²) in [6.45, 7) is 6.60. The molecule has 0 aliphatic carbocycles. The van der Waals surface area contributed by atoms with Crippen LogP contribution in [0, 0.1) is 18.3 Å². The smallest absolute Gasteiger partial charge is 0.157 e. The maximum absolute atomic E-state index is 9.71. The monoisotopic (exact) mass is 415 g/mol. The van der Waals surface area contributed by atoms with Crippen LogP contribution in [0.3, 0.4) is 0 Å². The summed E-state index contributed by atoms with van der Waals surface area (Å²) >= 11 is 6.35. The van der Waals surface area contributed by atoms with Crippen LogP contribution >= 0.6 is 11.6 Å². The molecule has 0 amide bonds. The lowest BCUT2D eigenvalue weighted by atomic mass is 10.1. The van der Waals surface area contributed by atoms with E-state index in [0.29, 0.717) is 5.56 Å². The third kappa shape index (κ3) is 3.19. The van der Waals surface area contributed by atoms with Gasteiger partial charge in [0.25, 0.3) is 0 Å². The van der Waals surface area contributed by atoms with Gasteiger partial charge in [-0.3, -0.25) is 9.30 Å². The van der Waals surface area contributed by atoms with Crippen molar-refractivity contribution in [1.29, 1.82) is 5.26 Å². The molecule has 1 fully saturated rings. The van der Waals surface area contributed by atoms with Gasteiger partial charge in [0.05, 0.1) is 16.6 Å². The van der Waals surface area contributed by atoms with E-state index in [9.17, 15) is 5.26 Å². The average Bonchev–Trinajstić information content (AvgIpc) is 3.15. The van der Waals surface area contributed by atoms with Gasteiger partial charge in [-0.1, -0.05) is 41.9 Å². The van der Waals surface area contributed by atoms with Gasteiger partial charge in [-0.25, -0.2) is 4.98 Å². The summed E-state index contributed by atoms with van der Waals surface area (Å²) in [6, 6.07) is 20.6. The largest absolute Gasteiger partial charge is 0.355 e. The van der Waals surface area contributed by atoms with E-state index in [2.05, 4.69) is 38.5 Å². The Balaban J connectivity index is 1.47. The molecule has 0 bridgehead atoms. The molecule has 0 radical (unpaired) electrons. The molecule has 4 aromatic rings. The van der Waals surface area contributed by atoms with Gasteiger partial charge in [0.1, 0.15) is 11.9 Å². The predicted molar refractivity (Wildman–Crippen MR) is 121 cm³/mol. The van der Waals surface area contributed by atoms with Crippen molar-refractivity contribution in [3.63, 3.8) is 0 Å². The van der Waals surface area contributed by atoms with Crippen molar-refractivity contribution in [3.05, 3.63) is 76.3 Å². The zero-order valence-electron chi connectivity index (χ0n) is 16.8. The molecule has 0 atom stereocenters. The number of imidazole rings is 1. The molecular formula is C24H22ClN5. The second-order valence-corrected chi connectivity index (χ2v) is 8.19. The highest BCUT2D eigenvalue weighted by molar-refractivity contribution is 6.31. The molecule has 150 valence electrons. The fraction of sp³-hybridized carbons (Fsp3) is 0.250. The molecule has 1 aliphatic rings. The standard InChI is InChI=1S/C24H22ClN5/c1-17-14-23(30-22-9-5-4-8-21(22)27-24(30)19(17)15-26)29-12-10-28(11-13-29)16-18-6-2-3-7-20(18)25/h2-9,14H,10-13,16H2,1H3. The number of fused-ring (bicyclic) bond motifs is 3. The molecule has 30 heavy (non-hydrogen) atoms. The Labute approximate surface area is 180 Å². The molecule has 2 aromatic heterocycles. The minimum Gasteiger partial charge on any atom is -0.355 e. The Morgan fingerprint density at radius 3 is 2.53 bits per heavy atom. The van der Waals surface area contributed by atoms with Gasteiger partial charge < -0.3 is 4.90 Å². The minimum atomic E-state index is 0.646. The first-order valence-corrected chi connectivity index (χ1v) is 10.5. The van der Waals surface area contributed by atoms with E-state index in [1.54, 1.807) is 0 Å². The molecule has 5 rings (SSSR count). The van der Waals surface area contributed by atoms with E-state index in [0.717, 1.165) is 65.8 Å². The predicted octanol–water partition coefficient (Wildman–Crippen LogP) is 4.64. The van der Waals surface area contributed by atoms with E-state index in [1.165, 1.54) is 5.56 Å². The summed E-state index contributed by atoms with van der Waals surface area (Å²) in [5.41, 5.74) is 5.48. The molecule has 1 saturated heterocycles. The first kappa shape index (κ1) is 18.9. The van der Waals surface area contributed by atoms with Gasteiger partial charge in [0, 0.05) is 37.7 Å². The topological polar surface area (TPSA) is 47.6 Å². The number of hydrogen-bond acceptors (Lipinski definition) is 4. The number of nitrogens with zero attached hydrogens (tertiary/aromatic N) is 5. The first-order chi connectivity index (χ1) is 14.7. The maximum Gasteiger partial charge on any atom is 0.157 e. The van der Waals surface area contributed by atoms with Crippen LogP contribution in [0.2, 0.25) is 5.02 Å². The number of halogens is 1. The highest BCUT2D eigenvalue weighted by Gasteiger charge is 2.23. The zero-order valence-corrected chi connectivity index (χ0v) is 17.6. The fourth-order valence-electron chi connectivity index (χ4n) is 4.31. The van der Waals surface area contributed by atoms with Crippen molar-refractivity contribution in [2.45, 2.75) is 13.5 Å². The van der Waals surface area contributed by atoms with E-state index in [1.807, 2.05) is 43.3 Å². The second kappa shape index (κ2) is 7.64. The Morgan fingerprint density at radius 2 is 1.77 bits per heavy atom.